The molecule has 0 aromatic carbocycles. The maximum Gasteiger partial charge on any atom is 0.257 e. The van der Waals surface area contributed by atoms with E-state index >= 15 is 0 Å². The molecular formula is C10H11Cl2N3O2. The maximum absolute atomic E-state index is 12.2. The Morgan fingerprint density at radius 1 is 1.47 bits per heavy atom. The highest BCUT2D eigenvalue weighted by Crippen LogP contribution is 2.29. The molecule has 0 saturated heterocycles. The van der Waals surface area contributed by atoms with Gasteiger partial charge in [-0.1, -0.05) is 23.2 Å². The van der Waals surface area contributed by atoms with E-state index in [1.54, 1.807) is 4.90 Å². The van der Waals surface area contributed by atoms with Crippen molar-refractivity contribution in [1.29, 1.82) is 0 Å². The Balaban J connectivity index is 2.24. The summed E-state index contributed by atoms with van der Waals surface area (Å²) in [6.45, 7) is 0.214. The molecule has 1 aromatic rings. The molecule has 1 aliphatic rings. The first-order chi connectivity index (χ1) is 8.13. The molecule has 0 radical (unpaired) electrons. The molecule has 5 nitrogen and oxygen atoms in total. The first-order valence-corrected chi connectivity index (χ1v) is 5.99. The Hall–Kier alpha value is -0.910. The molecule has 0 atom stereocenters. The SMILES string of the molecule is O=C(c1cc(Cl)nnc1Cl)N(CCO)C1CC1. The molecule has 1 heterocycles. The molecular weight excluding hydrogens is 265 g/mol. The van der Waals surface area contributed by atoms with Crippen LogP contribution in [0.15, 0.2) is 6.07 Å². The summed E-state index contributed by atoms with van der Waals surface area (Å²) in [4.78, 5) is 13.8. The molecule has 7 heteroatoms. The normalized spacial score (nSPS) is 14.8. The van der Waals surface area contributed by atoms with Gasteiger partial charge >= 0.3 is 0 Å². The number of aliphatic hydroxyl groups excluding tert-OH is 1. The molecule has 0 aliphatic heterocycles. The van der Waals surface area contributed by atoms with Gasteiger partial charge in [0.15, 0.2) is 10.3 Å². The average Bonchev–Trinajstić information content (AvgIpc) is 3.12. The molecule has 1 aliphatic carbocycles. The number of aliphatic hydroxyl groups is 1. The zero-order valence-electron chi connectivity index (χ0n) is 8.94. The standard InChI is InChI=1S/C10H11Cl2N3O2/c11-8-5-7(9(12)14-13-8)10(17)15(3-4-16)6-1-2-6/h5-6,16H,1-4H2. The van der Waals surface area contributed by atoms with Gasteiger partial charge in [0.25, 0.3) is 5.91 Å². The molecule has 1 aromatic heterocycles. The quantitative estimate of drug-likeness (QED) is 0.902. The van der Waals surface area contributed by atoms with Crippen LogP contribution in [0, 0.1) is 0 Å². The van der Waals surface area contributed by atoms with Gasteiger partial charge in [-0.2, -0.15) is 0 Å². The van der Waals surface area contributed by atoms with Gasteiger partial charge in [0.2, 0.25) is 0 Å². The summed E-state index contributed by atoms with van der Waals surface area (Å²) in [7, 11) is 0. The molecule has 0 unspecified atom stereocenters. The number of carbonyl (C=O) groups is 1. The topological polar surface area (TPSA) is 66.3 Å². The summed E-state index contributed by atoms with van der Waals surface area (Å²) in [6.07, 6.45) is 1.91. The Kier molecular flexibility index (Phi) is 3.81. The summed E-state index contributed by atoms with van der Waals surface area (Å²) >= 11 is 11.5. The largest absolute Gasteiger partial charge is 0.395 e. The van der Waals surface area contributed by atoms with E-state index in [-0.39, 0.29) is 34.4 Å². The third-order valence-electron chi connectivity index (χ3n) is 2.54. The van der Waals surface area contributed by atoms with Crippen LogP contribution in [0.1, 0.15) is 23.2 Å². The molecule has 17 heavy (non-hydrogen) atoms. The fourth-order valence-electron chi connectivity index (χ4n) is 1.60. The Morgan fingerprint density at radius 2 is 2.18 bits per heavy atom. The number of nitrogens with zero attached hydrogens (tertiary/aromatic N) is 3. The van der Waals surface area contributed by atoms with Crippen molar-refractivity contribution < 1.29 is 9.90 Å². The first kappa shape index (κ1) is 12.5. The van der Waals surface area contributed by atoms with Crippen molar-refractivity contribution in [2.24, 2.45) is 0 Å². The van der Waals surface area contributed by atoms with Crippen molar-refractivity contribution in [3.05, 3.63) is 21.9 Å². The van der Waals surface area contributed by atoms with Gasteiger partial charge in [0.1, 0.15) is 0 Å². The lowest BCUT2D eigenvalue weighted by atomic mass is 10.2. The van der Waals surface area contributed by atoms with Crippen LogP contribution >= 0.6 is 23.2 Å². The number of hydrogen-bond donors (Lipinski definition) is 1. The van der Waals surface area contributed by atoms with Crippen LogP contribution < -0.4 is 0 Å². The van der Waals surface area contributed by atoms with Crippen LogP contribution in [0.25, 0.3) is 0 Å². The third kappa shape index (κ3) is 2.86. The van der Waals surface area contributed by atoms with Crippen LogP contribution in [-0.2, 0) is 0 Å². The third-order valence-corrected chi connectivity index (χ3v) is 3.00. The van der Waals surface area contributed by atoms with Gasteiger partial charge < -0.3 is 10.0 Å². The van der Waals surface area contributed by atoms with Gasteiger partial charge in [-0.3, -0.25) is 4.79 Å². The highest BCUT2D eigenvalue weighted by atomic mass is 35.5. The summed E-state index contributed by atoms with van der Waals surface area (Å²) in [5.41, 5.74) is 0.229. The van der Waals surface area contributed by atoms with Gasteiger partial charge in [-0.05, 0) is 18.9 Å². The van der Waals surface area contributed by atoms with Crippen molar-refractivity contribution in [2.45, 2.75) is 18.9 Å². The summed E-state index contributed by atoms with van der Waals surface area (Å²) in [5, 5.41) is 16.3. The zero-order chi connectivity index (χ0) is 12.4. The van der Waals surface area contributed by atoms with Gasteiger partial charge in [-0.25, -0.2) is 0 Å². The van der Waals surface area contributed by atoms with E-state index in [4.69, 9.17) is 28.3 Å². The van der Waals surface area contributed by atoms with Crippen molar-refractivity contribution >= 4 is 29.1 Å². The minimum atomic E-state index is -0.261. The molecule has 1 fully saturated rings. The van der Waals surface area contributed by atoms with Crippen LogP contribution in [0.5, 0.6) is 0 Å². The van der Waals surface area contributed by atoms with Gasteiger partial charge in [0.05, 0.1) is 12.2 Å². The molecule has 1 saturated carbocycles. The number of halogens is 2. The Morgan fingerprint density at radius 3 is 2.76 bits per heavy atom. The molecule has 0 spiro atoms. The fraction of sp³-hybridized carbons (Fsp3) is 0.500. The van der Waals surface area contributed by atoms with Crippen molar-refractivity contribution in [3.63, 3.8) is 0 Å². The maximum atomic E-state index is 12.2. The molecule has 1 amide bonds. The number of rotatable bonds is 4. The summed E-state index contributed by atoms with van der Waals surface area (Å²) in [6, 6.07) is 1.59. The van der Waals surface area contributed by atoms with E-state index in [9.17, 15) is 4.79 Å². The summed E-state index contributed by atoms with van der Waals surface area (Å²) < 4.78 is 0. The predicted molar refractivity (Wildman–Crippen MR) is 63.2 cm³/mol. The van der Waals surface area contributed by atoms with E-state index in [0.717, 1.165) is 12.8 Å². The number of amides is 1. The highest BCUT2D eigenvalue weighted by molar-refractivity contribution is 6.34. The number of aromatic nitrogens is 2. The molecule has 1 N–H and O–H groups in total. The number of carbonyl (C=O) groups excluding carboxylic acids is 1. The second kappa shape index (κ2) is 5.16. The highest BCUT2D eigenvalue weighted by Gasteiger charge is 2.33. The predicted octanol–water partition coefficient (Wildman–Crippen LogP) is 1.38. The van der Waals surface area contributed by atoms with Crippen LogP contribution in [0.3, 0.4) is 0 Å². The minimum Gasteiger partial charge on any atom is -0.395 e. The van der Waals surface area contributed by atoms with Gasteiger partial charge in [-0.15, -0.1) is 10.2 Å². The van der Waals surface area contributed by atoms with Crippen molar-refractivity contribution in [1.82, 2.24) is 15.1 Å². The van der Waals surface area contributed by atoms with E-state index in [1.807, 2.05) is 0 Å². The number of hydrogen-bond acceptors (Lipinski definition) is 4. The lowest BCUT2D eigenvalue weighted by molar-refractivity contribution is 0.0707. The second-order valence-electron chi connectivity index (χ2n) is 3.82. The van der Waals surface area contributed by atoms with E-state index < -0.39 is 0 Å². The lowest BCUT2D eigenvalue weighted by Gasteiger charge is -2.21. The van der Waals surface area contributed by atoms with Crippen molar-refractivity contribution in [3.8, 4) is 0 Å². The average molecular weight is 276 g/mol. The van der Waals surface area contributed by atoms with E-state index in [0.29, 0.717) is 6.54 Å². The van der Waals surface area contributed by atoms with Crippen LogP contribution in [-0.4, -0.2) is 45.3 Å². The molecule has 92 valence electrons. The first-order valence-electron chi connectivity index (χ1n) is 5.24. The van der Waals surface area contributed by atoms with Crippen molar-refractivity contribution in [2.75, 3.05) is 13.2 Å². The molecule has 0 bridgehead atoms. The molecule has 2 rings (SSSR count). The van der Waals surface area contributed by atoms with Gasteiger partial charge in [0, 0.05) is 12.6 Å². The van der Waals surface area contributed by atoms with E-state index in [2.05, 4.69) is 10.2 Å². The van der Waals surface area contributed by atoms with E-state index in [1.165, 1.54) is 6.07 Å². The summed E-state index contributed by atoms with van der Waals surface area (Å²) in [5.74, 6) is -0.261. The lowest BCUT2D eigenvalue weighted by Crippen LogP contribution is -2.35. The minimum absolute atomic E-state index is 0.0305. The fourth-order valence-corrected chi connectivity index (χ4v) is 1.92. The van der Waals surface area contributed by atoms with Crippen LogP contribution in [0.2, 0.25) is 10.3 Å². The smallest absolute Gasteiger partial charge is 0.257 e. The Labute approximate surface area is 108 Å². The monoisotopic (exact) mass is 275 g/mol. The zero-order valence-corrected chi connectivity index (χ0v) is 10.4. The second-order valence-corrected chi connectivity index (χ2v) is 4.57. The Bertz CT molecular complexity index is 438. The van der Waals surface area contributed by atoms with Crippen LogP contribution in [0.4, 0.5) is 0 Å².